The van der Waals surface area contributed by atoms with Crippen LogP contribution in [0.15, 0.2) is 18.7 Å². The third kappa shape index (κ3) is 3.62. The maximum absolute atomic E-state index is 11.0. The summed E-state index contributed by atoms with van der Waals surface area (Å²) in [6, 6.07) is 3.89. The predicted octanol–water partition coefficient (Wildman–Crippen LogP) is 3.09. The first kappa shape index (κ1) is 13.8. The van der Waals surface area contributed by atoms with Crippen molar-refractivity contribution in [2.24, 2.45) is 0 Å². The predicted molar refractivity (Wildman–Crippen MR) is 79.5 cm³/mol. The van der Waals surface area contributed by atoms with Crippen LogP contribution in [0.3, 0.4) is 0 Å². The molecule has 1 rings (SSSR count). The van der Waals surface area contributed by atoms with Crippen LogP contribution in [0.2, 0.25) is 0 Å². The summed E-state index contributed by atoms with van der Waals surface area (Å²) in [4.78, 5) is 11.0. The number of rotatable bonds is 4. The average molecular weight is 444 g/mol. The molecule has 0 unspecified atom stereocenters. The van der Waals surface area contributed by atoms with Gasteiger partial charge >= 0.3 is 5.97 Å². The van der Waals surface area contributed by atoms with Crippen LogP contribution in [-0.4, -0.2) is 19.7 Å². The van der Waals surface area contributed by atoms with Gasteiger partial charge in [-0.05, 0) is 62.9 Å². The number of carbonyl (C=O) groups excluding carboxylic acids is 1. The van der Waals surface area contributed by atoms with Crippen molar-refractivity contribution in [3.8, 4) is 5.75 Å². The fourth-order valence-electron chi connectivity index (χ4n) is 1.03. The zero-order valence-electron chi connectivity index (χ0n) is 8.63. The molecular formula is C11H10I2O3. The molecule has 0 bridgehead atoms. The van der Waals surface area contributed by atoms with E-state index in [-0.39, 0.29) is 12.6 Å². The molecule has 0 aliphatic carbocycles. The van der Waals surface area contributed by atoms with E-state index < -0.39 is 0 Å². The van der Waals surface area contributed by atoms with Crippen molar-refractivity contribution in [1.29, 1.82) is 0 Å². The van der Waals surface area contributed by atoms with E-state index in [9.17, 15) is 4.79 Å². The van der Waals surface area contributed by atoms with Gasteiger partial charge in [0.2, 0.25) is 0 Å². The highest BCUT2D eigenvalue weighted by Crippen LogP contribution is 2.29. The highest BCUT2D eigenvalue weighted by Gasteiger charge is 2.10. The smallest absolute Gasteiger partial charge is 0.343 e. The van der Waals surface area contributed by atoms with Crippen LogP contribution in [0.25, 0.3) is 6.08 Å². The molecule has 0 saturated carbocycles. The minimum atomic E-state index is -0.389. The topological polar surface area (TPSA) is 35.5 Å². The van der Waals surface area contributed by atoms with Crippen LogP contribution in [0.4, 0.5) is 0 Å². The third-order valence-corrected chi connectivity index (χ3v) is 3.42. The van der Waals surface area contributed by atoms with E-state index in [1.54, 1.807) is 6.08 Å². The third-order valence-electron chi connectivity index (χ3n) is 1.82. The van der Waals surface area contributed by atoms with Gasteiger partial charge in [-0.15, -0.1) is 0 Å². The summed E-state index contributed by atoms with van der Waals surface area (Å²) in [5.41, 5.74) is 1.03. The summed E-state index contributed by atoms with van der Waals surface area (Å²) in [7, 11) is 1.34. The molecule has 5 heteroatoms. The van der Waals surface area contributed by atoms with Gasteiger partial charge in [0.25, 0.3) is 0 Å². The van der Waals surface area contributed by atoms with E-state index in [2.05, 4.69) is 56.5 Å². The molecule has 0 N–H and O–H groups in total. The van der Waals surface area contributed by atoms with E-state index in [0.29, 0.717) is 5.75 Å². The van der Waals surface area contributed by atoms with Crippen LogP contribution in [0.5, 0.6) is 5.75 Å². The van der Waals surface area contributed by atoms with Gasteiger partial charge in [0.15, 0.2) is 6.61 Å². The van der Waals surface area contributed by atoms with Crippen LogP contribution in [0, 0.1) is 7.14 Å². The molecule has 0 radical (unpaired) electrons. The quantitative estimate of drug-likeness (QED) is 0.530. The molecule has 0 atom stereocenters. The average Bonchev–Trinajstić information content (AvgIpc) is 2.27. The number of methoxy groups -OCH3 is 1. The lowest BCUT2D eigenvalue weighted by molar-refractivity contribution is -0.142. The number of benzene rings is 1. The number of ether oxygens (including phenoxy) is 2. The summed E-state index contributed by atoms with van der Waals surface area (Å²) in [5.74, 6) is 0.316. The zero-order valence-corrected chi connectivity index (χ0v) is 12.9. The van der Waals surface area contributed by atoms with Gasteiger partial charge in [0.05, 0.1) is 14.3 Å². The van der Waals surface area contributed by atoms with Gasteiger partial charge in [-0.25, -0.2) is 4.79 Å². The fourth-order valence-corrected chi connectivity index (χ4v) is 3.15. The SMILES string of the molecule is C=Cc1cc(I)c(OCC(=O)OC)c(I)c1. The second-order valence-corrected chi connectivity index (χ2v) is 5.21. The molecule has 0 saturated heterocycles. The number of hydrogen-bond donors (Lipinski definition) is 0. The van der Waals surface area contributed by atoms with Crippen LogP contribution in [-0.2, 0) is 9.53 Å². The molecule has 1 aromatic carbocycles. The Morgan fingerprint density at radius 2 is 2.00 bits per heavy atom. The van der Waals surface area contributed by atoms with Crippen molar-refractivity contribution in [3.63, 3.8) is 0 Å². The van der Waals surface area contributed by atoms with Gasteiger partial charge in [0, 0.05) is 0 Å². The Morgan fingerprint density at radius 1 is 1.44 bits per heavy atom. The maximum atomic E-state index is 11.0. The van der Waals surface area contributed by atoms with Crippen molar-refractivity contribution >= 4 is 57.2 Å². The van der Waals surface area contributed by atoms with Gasteiger partial charge in [-0.2, -0.15) is 0 Å². The number of hydrogen-bond acceptors (Lipinski definition) is 3. The monoisotopic (exact) mass is 444 g/mol. The Hall–Kier alpha value is -0.310. The Balaban J connectivity index is 2.88. The highest BCUT2D eigenvalue weighted by atomic mass is 127. The van der Waals surface area contributed by atoms with Crippen LogP contribution < -0.4 is 4.74 Å². The second kappa shape index (κ2) is 6.43. The van der Waals surface area contributed by atoms with Crippen LogP contribution >= 0.6 is 45.2 Å². The summed E-state index contributed by atoms with van der Waals surface area (Å²) in [6.07, 6.45) is 1.77. The molecule has 0 aromatic heterocycles. The fraction of sp³-hybridized carbons (Fsp3) is 0.182. The Labute approximate surface area is 121 Å². The number of carbonyl (C=O) groups is 1. The standard InChI is InChI=1S/C11H10I2O3/c1-3-7-4-8(12)11(9(13)5-7)16-6-10(14)15-2/h3-5H,1,6H2,2H3. The van der Waals surface area contributed by atoms with Gasteiger partial charge in [0.1, 0.15) is 5.75 Å². The van der Waals surface area contributed by atoms with E-state index in [1.165, 1.54) is 7.11 Å². The first-order chi connectivity index (χ1) is 7.58. The Morgan fingerprint density at radius 3 is 2.44 bits per heavy atom. The summed E-state index contributed by atoms with van der Waals surface area (Å²) < 4.78 is 11.8. The first-order valence-electron chi connectivity index (χ1n) is 4.39. The van der Waals surface area contributed by atoms with E-state index in [4.69, 9.17) is 4.74 Å². The normalized spacial score (nSPS) is 9.69. The Kier molecular flexibility index (Phi) is 5.53. The van der Waals surface area contributed by atoms with Crippen molar-refractivity contribution < 1.29 is 14.3 Å². The van der Waals surface area contributed by atoms with Gasteiger partial charge in [-0.3, -0.25) is 0 Å². The first-order valence-corrected chi connectivity index (χ1v) is 6.55. The van der Waals surface area contributed by atoms with Crippen molar-refractivity contribution in [3.05, 3.63) is 31.4 Å². The summed E-state index contributed by atoms with van der Waals surface area (Å²) >= 11 is 4.33. The number of esters is 1. The summed E-state index contributed by atoms with van der Waals surface area (Å²) in [6.45, 7) is 3.64. The molecule has 0 spiro atoms. The molecule has 16 heavy (non-hydrogen) atoms. The molecular weight excluding hydrogens is 434 g/mol. The highest BCUT2D eigenvalue weighted by molar-refractivity contribution is 14.1. The van der Waals surface area contributed by atoms with Crippen molar-refractivity contribution in [1.82, 2.24) is 0 Å². The molecule has 0 heterocycles. The molecule has 3 nitrogen and oxygen atoms in total. The molecule has 1 aromatic rings. The van der Waals surface area contributed by atoms with E-state index in [0.717, 1.165) is 12.7 Å². The number of halogens is 2. The molecule has 0 aliphatic heterocycles. The minimum Gasteiger partial charge on any atom is -0.480 e. The molecule has 0 fully saturated rings. The largest absolute Gasteiger partial charge is 0.480 e. The van der Waals surface area contributed by atoms with E-state index in [1.807, 2.05) is 12.1 Å². The Bertz CT molecular complexity index is 393. The zero-order chi connectivity index (χ0) is 12.1. The molecule has 0 amide bonds. The minimum absolute atomic E-state index is 0.0735. The van der Waals surface area contributed by atoms with Crippen LogP contribution in [0.1, 0.15) is 5.56 Å². The lowest BCUT2D eigenvalue weighted by atomic mass is 10.2. The van der Waals surface area contributed by atoms with Gasteiger partial charge in [-0.1, -0.05) is 12.7 Å². The van der Waals surface area contributed by atoms with E-state index >= 15 is 0 Å². The summed E-state index contributed by atoms with van der Waals surface area (Å²) in [5, 5.41) is 0. The lowest BCUT2D eigenvalue weighted by Gasteiger charge is -2.10. The van der Waals surface area contributed by atoms with Crippen molar-refractivity contribution in [2.75, 3.05) is 13.7 Å². The molecule has 0 aliphatic rings. The van der Waals surface area contributed by atoms with Gasteiger partial charge < -0.3 is 9.47 Å². The van der Waals surface area contributed by atoms with Crippen molar-refractivity contribution in [2.45, 2.75) is 0 Å². The maximum Gasteiger partial charge on any atom is 0.343 e. The second-order valence-electron chi connectivity index (χ2n) is 2.88. The molecule has 86 valence electrons. The lowest BCUT2D eigenvalue weighted by Crippen LogP contribution is -2.13.